The molecule has 0 radical (unpaired) electrons. The SMILES string of the molecule is CCCOc1ccc(C(=O)NCC(=O)NC2CC2)cc1OCC. The lowest BCUT2D eigenvalue weighted by Crippen LogP contribution is -2.37. The molecule has 2 amide bonds. The first-order chi connectivity index (χ1) is 11.1. The lowest BCUT2D eigenvalue weighted by Gasteiger charge is -2.13. The minimum absolute atomic E-state index is 0.0204. The Morgan fingerprint density at radius 2 is 1.96 bits per heavy atom. The molecule has 1 aliphatic rings. The van der Waals surface area contributed by atoms with Gasteiger partial charge in [0.15, 0.2) is 11.5 Å². The lowest BCUT2D eigenvalue weighted by atomic mass is 10.2. The highest BCUT2D eigenvalue weighted by Gasteiger charge is 2.23. The second-order valence-electron chi connectivity index (χ2n) is 5.47. The summed E-state index contributed by atoms with van der Waals surface area (Å²) in [5.74, 6) is 0.695. The van der Waals surface area contributed by atoms with Crippen LogP contribution < -0.4 is 20.1 Å². The Hall–Kier alpha value is -2.24. The molecule has 126 valence electrons. The lowest BCUT2D eigenvalue weighted by molar-refractivity contribution is -0.120. The Morgan fingerprint density at radius 1 is 1.17 bits per heavy atom. The largest absolute Gasteiger partial charge is 0.490 e. The molecule has 1 aromatic carbocycles. The number of hydrogen-bond donors (Lipinski definition) is 2. The van der Waals surface area contributed by atoms with E-state index in [4.69, 9.17) is 9.47 Å². The molecule has 23 heavy (non-hydrogen) atoms. The third-order valence-electron chi connectivity index (χ3n) is 3.32. The maximum absolute atomic E-state index is 12.1. The van der Waals surface area contributed by atoms with Gasteiger partial charge in [0.05, 0.1) is 19.8 Å². The molecule has 0 bridgehead atoms. The van der Waals surface area contributed by atoms with Crippen molar-refractivity contribution in [1.82, 2.24) is 10.6 Å². The molecule has 0 aliphatic heterocycles. The van der Waals surface area contributed by atoms with Crippen molar-refractivity contribution in [2.24, 2.45) is 0 Å². The highest BCUT2D eigenvalue weighted by Crippen LogP contribution is 2.28. The smallest absolute Gasteiger partial charge is 0.251 e. The number of amides is 2. The Kier molecular flexibility index (Phi) is 6.26. The minimum Gasteiger partial charge on any atom is -0.490 e. The van der Waals surface area contributed by atoms with Crippen LogP contribution in [0.3, 0.4) is 0 Å². The van der Waals surface area contributed by atoms with Crippen molar-refractivity contribution in [3.05, 3.63) is 23.8 Å². The van der Waals surface area contributed by atoms with Gasteiger partial charge in [0.25, 0.3) is 5.91 Å². The summed E-state index contributed by atoms with van der Waals surface area (Å²) in [7, 11) is 0. The molecule has 2 rings (SSSR count). The van der Waals surface area contributed by atoms with Crippen molar-refractivity contribution in [3.8, 4) is 11.5 Å². The van der Waals surface area contributed by atoms with Crippen LogP contribution in [0, 0.1) is 0 Å². The van der Waals surface area contributed by atoms with Crippen LogP contribution in [0.15, 0.2) is 18.2 Å². The number of hydrogen-bond acceptors (Lipinski definition) is 4. The van der Waals surface area contributed by atoms with E-state index in [2.05, 4.69) is 10.6 Å². The van der Waals surface area contributed by atoms with E-state index < -0.39 is 0 Å². The summed E-state index contributed by atoms with van der Waals surface area (Å²) in [6.07, 6.45) is 2.94. The number of benzene rings is 1. The molecule has 0 aromatic heterocycles. The van der Waals surface area contributed by atoms with E-state index in [1.54, 1.807) is 18.2 Å². The Labute approximate surface area is 136 Å². The highest BCUT2D eigenvalue weighted by molar-refractivity contribution is 5.97. The Balaban J connectivity index is 1.95. The van der Waals surface area contributed by atoms with Crippen molar-refractivity contribution in [3.63, 3.8) is 0 Å². The van der Waals surface area contributed by atoms with Crippen molar-refractivity contribution in [2.75, 3.05) is 19.8 Å². The van der Waals surface area contributed by atoms with Gasteiger partial charge in [0.2, 0.25) is 5.91 Å². The number of rotatable bonds is 9. The van der Waals surface area contributed by atoms with Gasteiger partial charge in [-0.3, -0.25) is 9.59 Å². The van der Waals surface area contributed by atoms with Crippen molar-refractivity contribution in [1.29, 1.82) is 0 Å². The summed E-state index contributed by atoms with van der Waals surface area (Å²) < 4.78 is 11.1. The second kappa shape index (κ2) is 8.41. The van der Waals surface area contributed by atoms with Gasteiger partial charge < -0.3 is 20.1 Å². The van der Waals surface area contributed by atoms with Crippen LogP contribution >= 0.6 is 0 Å². The van der Waals surface area contributed by atoms with Gasteiger partial charge in [-0.05, 0) is 44.4 Å². The van der Waals surface area contributed by atoms with Crippen LogP contribution in [0.4, 0.5) is 0 Å². The molecule has 2 N–H and O–H groups in total. The first-order valence-corrected chi connectivity index (χ1v) is 8.11. The third-order valence-corrected chi connectivity index (χ3v) is 3.32. The zero-order valence-corrected chi connectivity index (χ0v) is 13.7. The van der Waals surface area contributed by atoms with Gasteiger partial charge in [0.1, 0.15) is 0 Å². The molecular weight excluding hydrogens is 296 g/mol. The number of carbonyl (C=O) groups excluding carboxylic acids is 2. The van der Waals surface area contributed by atoms with Crippen molar-refractivity contribution < 1.29 is 19.1 Å². The summed E-state index contributed by atoms with van der Waals surface area (Å²) in [5, 5.41) is 5.44. The molecule has 0 atom stereocenters. The number of nitrogens with one attached hydrogen (secondary N) is 2. The van der Waals surface area contributed by atoms with Gasteiger partial charge in [0, 0.05) is 11.6 Å². The fourth-order valence-electron chi connectivity index (χ4n) is 2.02. The standard InChI is InChI=1S/C17H24N2O4/c1-3-9-23-14-8-5-12(10-15(14)22-4-2)17(21)18-11-16(20)19-13-6-7-13/h5,8,10,13H,3-4,6-7,9,11H2,1-2H3,(H,18,21)(H,19,20). The average molecular weight is 320 g/mol. The van der Waals surface area contributed by atoms with Crippen LogP contribution in [0.1, 0.15) is 43.5 Å². The second-order valence-corrected chi connectivity index (χ2v) is 5.47. The fourth-order valence-corrected chi connectivity index (χ4v) is 2.02. The molecule has 1 aromatic rings. The van der Waals surface area contributed by atoms with Crippen LogP contribution in [0.5, 0.6) is 11.5 Å². The first-order valence-electron chi connectivity index (χ1n) is 8.11. The molecule has 1 fully saturated rings. The van der Waals surface area contributed by atoms with Crippen molar-refractivity contribution >= 4 is 11.8 Å². The predicted octanol–water partition coefficient (Wildman–Crippen LogP) is 1.88. The van der Waals surface area contributed by atoms with E-state index in [9.17, 15) is 9.59 Å². The van der Waals surface area contributed by atoms with E-state index in [1.807, 2.05) is 13.8 Å². The van der Waals surface area contributed by atoms with Crippen LogP contribution in [-0.2, 0) is 4.79 Å². The molecule has 6 heteroatoms. The van der Waals surface area contributed by atoms with E-state index in [0.717, 1.165) is 19.3 Å². The number of ether oxygens (including phenoxy) is 2. The maximum Gasteiger partial charge on any atom is 0.251 e. The minimum atomic E-state index is -0.307. The monoisotopic (exact) mass is 320 g/mol. The molecular formula is C17H24N2O4. The van der Waals surface area contributed by atoms with E-state index >= 15 is 0 Å². The summed E-state index contributed by atoms with van der Waals surface area (Å²) in [5.41, 5.74) is 0.441. The van der Waals surface area contributed by atoms with Gasteiger partial charge in [-0.15, -0.1) is 0 Å². The molecule has 1 saturated carbocycles. The molecule has 1 aliphatic carbocycles. The third kappa shape index (κ3) is 5.47. The van der Waals surface area contributed by atoms with E-state index in [1.165, 1.54) is 0 Å². The molecule has 0 spiro atoms. The maximum atomic E-state index is 12.1. The van der Waals surface area contributed by atoms with Gasteiger partial charge >= 0.3 is 0 Å². The predicted molar refractivity (Wildman–Crippen MR) is 86.9 cm³/mol. The van der Waals surface area contributed by atoms with Gasteiger partial charge in [-0.2, -0.15) is 0 Å². The summed E-state index contributed by atoms with van der Waals surface area (Å²) in [4.78, 5) is 23.7. The van der Waals surface area contributed by atoms with E-state index in [-0.39, 0.29) is 18.4 Å². The molecule has 0 saturated heterocycles. The zero-order chi connectivity index (χ0) is 16.7. The average Bonchev–Trinajstić information content (AvgIpc) is 3.35. The Morgan fingerprint density at radius 3 is 2.61 bits per heavy atom. The summed E-state index contributed by atoms with van der Waals surface area (Å²) >= 11 is 0. The molecule has 0 heterocycles. The summed E-state index contributed by atoms with van der Waals surface area (Å²) in [6, 6.07) is 5.32. The molecule has 6 nitrogen and oxygen atoms in total. The Bertz CT molecular complexity index is 556. The highest BCUT2D eigenvalue weighted by atomic mass is 16.5. The topological polar surface area (TPSA) is 76.7 Å². The van der Waals surface area contributed by atoms with Crippen LogP contribution in [-0.4, -0.2) is 37.6 Å². The normalized spacial score (nSPS) is 13.3. The van der Waals surface area contributed by atoms with Crippen LogP contribution in [0.25, 0.3) is 0 Å². The number of carbonyl (C=O) groups is 2. The van der Waals surface area contributed by atoms with Crippen molar-refractivity contribution in [2.45, 2.75) is 39.2 Å². The fraction of sp³-hybridized carbons (Fsp3) is 0.529. The van der Waals surface area contributed by atoms with Gasteiger partial charge in [-0.1, -0.05) is 6.92 Å². The first kappa shape index (κ1) is 17.1. The quantitative estimate of drug-likeness (QED) is 0.728. The van der Waals surface area contributed by atoms with E-state index in [0.29, 0.717) is 36.3 Å². The zero-order valence-electron chi connectivity index (χ0n) is 13.7. The van der Waals surface area contributed by atoms with Gasteiger partial charge in [-0.25, -0.2) is 0 Å². The molecule has 0 unspecified atom stereocenters. The summed E-state index contributed by atoms with van der Waals surface area (Å²) in [6.45, 7) is 4.95. The van der Waals surface area contributed by atoms with Crippen LogP contribution in [0.2, 0.25) is 0 Å².